The van der Waals surface area contributed by atoms with Crippen molar-refractivity contribution >= 4 is 17.5 Å². The molecular formula is C21H19NO2S. The van der Waals surface area contributed by atoms with Gasteiger partial charge >= 0.3 is 0 Å². The third-order valence-corrected chi connectivity index (χ3v) is 5.30. The van der Waals surface area contributed by atoms with E-state index in [9.17, 15) is 9.59 Å². The van der Waals surface area contributed by atoms with Crippen LogP contribution in [0.2, 0.25) is 0 Å². The van der Waals surface area contributed by atoms with E-state index >= 15 is 0 Å². The first-order valence-electron chi connectivity index (χ1n) is 8.07. The lowest BCUT2D eigenvalue weighted by atomic mass is 10.1. The molecule has 1 heterocycles. The quantitative estimate of drug-likeness (QED) is 0.497. The van der Waals surface area contributed by atoms with Crippen molar-refractivity contribution in [2.75, 3.05) is 0 Å². The Morgan fingerprint density at radius 1 is 1.00 bits per heavy atom. The zero-order valence-corrected chi connectivity index (χ0v) is 15.0. The summed E-state index contributed by atoms with van der Waals surface area (Å²) in [4.78, 5) is 25.7. The smallest absolute Gasteiger partial charge is 0.269 e. The number of hydrogen-bond donors (Lipinski definition) is 0. The fourth-order valence-corrected chi connectivity index (χ4v) is 3.76. The van der Waals surface area contributed by atoms with Crippen molar-refractivity contribution in [3.8, 4) is 5.69 Å². The van der Waals surface area contributed by atoms with E-state index < -0.39 is 0 Å². The molecule has 0 saturated carbocycles. The monoisotopic (exact) mass is 349 g/mol. The lowest BCUT2D eigenvalue weighted by Crippen LogP contribution is -2.23. The molecule has 4 heteroatoms. The van der Waals surface area contributed by atoms with E-state index in [-0.39, 0.29) is 11.3 Å². The summed E-state index contributed by atoms with van der Waals surface area (Å²) in [6.07, 6.45) is 1.65. The molecule has 25 heavy (non-hydrogen) atoms. The van der Waals surface area contributed by atoms with Crippen LogP contribution in [0.4, 0.5) is 0 Å². The van der Waals surface area contributed by atoms with E-state index in [4.69, 9.17) is 0 Å². The zero-order valence-electron chi connectivity index (χ0n) is 14.2. The van der Waals surface area contributed by atoms with Gasteiger partial charge in [-0.15, -0.1) is 11.8 Å². The van der Waals surface area contributed by atoms with Crippen molar-refractivity contribution < 1.29 is 4.79 Å². The van der Waals surface area contributed by atoms with Crippen LogP contribution in [0, 0.1) is 6.92 Å². The molecule has 0 unspecified atom stereocenters. The van der Waals surface area contributed by atoms with E-state index in [1.54, 1.807) is 10.8 Å². The first-order valence-corrected chi connectivity index (χ1v) is 9.06. The van der Waals surface area contributed by atoms with Crippen LogP contribution in [0.15, 0.2) is 76.6 Å². The van der Waals surface area contributed by atoms with Crippen LogP contribution in [0.5, 0.6) is 0 Å². The van der Waals surface area contributed by atoms with Crippen LogP contribution in [0.3, 0.4) is 0 Å². The summed E-state index contributed by atoms with van der Waals surface area (Å²) in [6, 6.07) is 19.4. The van der Waals surface area contributed by atoms with Gasteiger partial charge in [0.05, 0.1) is 4.90 Å². The van der Waals surface area contributed by atoms with Crippen molar-refractivity contribution in [1.82, 2.24) is 4.57 Å². The third kappa shape index (κ3) is 3.74. The summed E-state index contributed by atoms with van der Waals surface area (Å²) in [5.41, 5.74) is 3.15. The molecular weight excluding hydrogens is 330 g/mol. The predicted molar refractivity (Wildman–Crippen MR) is 103 cm³/mol. The van der Waals surface area contributed by atoms with Gasteiger partial charge in [0.2, 0.25) is 0 Å². The Morgan fingerprint density at radius 3 is 2.20 bits per heavy atom. The van der Waals surface area contributed by atoms with E-state index in [1.807, 2.05) is 67.6 Å². The SMILES string of the molecule is CC(=O)c1cn(-c2ccccc2)c(=O)c(SCc2ccccc2)c1C. The fraction of sp³-hybridized carbons (Fsp3) is 0.143. The molecule has 0 N–H and O–H groups in total. The molecule has 126 valence electrons. The minimum absolute atomic E-state index is 0.0382. The van der Waals surface area contributed by atoms with Gasteiger partial charge in [-0.25, -0.2) is 0 Å². The highest BCUT2D eigenvalue weighted by molar-refractivity contribution is 7.98. The lowest BCUT2D eigenvalue weighted by molar-refractivity contribution is 0.101. The number of carbonyl (C=O) groups excluding carboxylic acids is 1. The second kappa shape index (κ2) is 7.53. The van der Waals surface area contributed by atoms with Gasteiger partial charge in [-0.3, -0.25) is 14.2 Å². The molecule has 0 fully saturated rings. The number of hydrogen-bond acceptors (Lipinski definition) is 3. The number of aromatic nitrogens is 1. The third-order valence-electron chi connectivity index (χ3n) is 4.06. The average Bonchev–Trinajstić information content (AvgIpc) is 2.63. The molecule has 0 aliphatic heterocycles. The molecule has 3 nitrogen and oxygen atoms in total. The first kappa shape index (κ1) is 17.2. The summed E-state index contributed by atoms with van der Waals surface area (Å²) in [5, 5.41) is 0. The highest BCUT2D eigenvalue weighted by Gasteiger charge is 2.16. The van der Waals surface area contributed by atoms with E-state index in [1.165, 1.54) is 18.7 Å². The summed E-state index contributed by atoms with van der Waals surface area (Å²) in [7, 11) is 0. The molecule has 0 radical (unpaired) electrons. The standard InChI is InChI=1S/C21H19NO2S/c1-15-19(16(2)23)13-22(18-11-7-4-8-12-18)21(24)20(15)25-14-17-9-5-3-6-10-17/h3-13H,14H2,1-2H3. The number of rotatable bonds is 5. The Labute approximate surface area is 151 Å². The Hall–Kier alpha value is -2.59. The molecule has 2 aromatic carbocycles. The number of ketones is 1. The highest BCUT2D eigenvalue weighted by Crippen LogP contribution is 2.26. The van der Waals surface area contributed by atoms with Crippen molar-refractivity contribution in [3.63, 3.8) is 0 Å². The molecule has 0 saturated heterocycles. The number of pyridine rings is 1. The van der Waals surface area contributed by atoms with Crippen molar-refractivity contribution in [2.24, 2.45) is 0 Å². The maximum Gasteiger partial charge on any atom is 0.269 e. The largest absolute Gasteiger partial charge is 0.294 e. The number of carbonyl (C=O) groups is 1. The molecule has 0 atom stereocenters. The Bertz CT molecular complexity index is 947. The molecule has 0 aliphatic carbocycles. The molecule has 3 aromatic rings. The minimum atomic E-state index is -0.0883. The maximum atomic E-state index is 13.0. The molecule has 0 spiro atoms. The molecule has 3 rings (SSSR count). The molecule has 0 aliphatic rings. The Balaban J connectivity index is 2.08. The van der Waals surface area contributed by atoms with Crippen LogP contribution < -0.4 is 5.56 Å². The topological polar surface area (TPSA) is 39.1 Å². The van der Waals surface area contributed by atoms with Crippen molar-refractivity contribution in [1.29, 1.82) is 0 Å². The van der Waals surface area contributed by atoms with Gasteiger partial charge in [0, 0.05) is 23.2 Å². The zero-order chi connectivity index (χ0) is 17.8. The van der Waals surface area contributed by atoms with E-state index in [2.05, 4.69) is 0 Å². The van der Waals surface area contributed by atoms with Gasteiger partial charge in [-0.05, 0) is 37.1 Å². The van der Waals surface area contributed by atoms with Crippen LogP contribution in [-0.4, -0.2) is 10.4 Å². The van der Waals surface area contributed by atoms with Gasteiger partial charge in [0.25, 0.3) is 5.56 Å². The number of Topliss-reactive ketones (excluding diaryl/α,β-unsaturated/α-hetero) is 1. The van der Waals surface area contributed by atoms with Gasteiger partial charge in [0.1, 0.15) is 0 Å². The number of para-hydroxylation sites is 1. The molecule has 1 aromatic heterocycles. The van der Waals surface area contributed by atoms with Crippen LogP contribution in [-0.2, 0) is 5.75 Å². The normalized spacial score (nSPS) is 10.6. The number of thioether (sulfide) groups is 1. The summed E-state index contributed by atoms with van der Waals surface area (Å²) >= 11 is 1.48. The van der Waals surface area contributed by atoms with Crippen molar-refractivity contribution in [2.45, 2.75) is 24.5 Å². The number of benzene rings is 2. The Morgan fingerprint density at radius 2 is 1.60 bits per heavy atom. The molecule has 0 bridgehead atoms. The summed E-state index contributed by atoms with van der Waals surface area (Å²) in [6.45, 7) is 3.38. The van der Waals surface area contributed by atoms with E-state index in [0.29, 0.717) is 16.2 Å². The fourth-order valence-electron chi connectivity index (χ4n) is 2.71. The van der Waals surface area contributed by atoms with Crippen LogP contribution in [0.25, 0.3) is 5.69 Å². The average molecular weight is 349 g/mol. The van der Waals surface area contributed by atoms with Crippen molar-refractivity contribution in [3.05, 3.63) is 93.9 Å². The first-order chi connectivity index (χ1) is 12.1. The second-order valence-electron chi connectivity index (χ2n) is 5.84. The second-order valence-corrected chi connectivity index (χ2v) is 6.82. The highest BCUT2D eigenvalue weighted by atomic mass is 32.2. The predicted octanol–water partition coefficient (Wildman–Crippen LogP) is 4.64. The lowest BCUT2D eigenvalue weighted by Gasteiger charge is -2.14. The van der Waals surface area contributed by atoms with Gasteiger partial charge < -0.3 is 0 Å². The van der Waals surface area contributed by atoms with Crippen LogP contribution in [0.1, 0.15) is 28.4 Å². The summed E-state index contributed by atoms with van der Waals surface area (Å²) < 4.78 is 1.57. The van der Waals surface area contributed by atoms with Gasteiger partial charge in [0.15, 0.2) is 5.78 Å². The number of nitrogens with zero attached hydrogens (tertiary/aromatic N) is 1. The maximum absolute atomic E-state index is 13.0. The van der Waals surface area contributed by atoms with Gasteiger partial charge in [-0.2, -0.15) is 0 Å². The minimum Gasteiger partial charge on any atom is -0.294 e. The van der Waals surface area contributed by atoms with E-state index in [0.717, 1.165) is 16.8 Å². The summed E-state index contributed by atoms with van der Waals surface area (Å²) in [5.74, 6) is 0.649. The molecule has 0 amide bonds. The Kier molecular flexibility index (Phi) is 5.19. The van der Waals surface area contributed by atoms with Gasteiger partial charge in [-0.1, -0.05) is 48.5 Å². The van der Waals surface area contributed by atoms with Crippen LogP contribution >= 0.6 is 11.8 Å².